The van der Waals surface area contributed by atoms with Gasteiger partial charge in [0.05, 0.1) is 5.54 Å². The molecule has 1 heterocycles. The highest BCUT2D eigenvalue weighted by Gasteiger charge is 2.39. The van der Waals surface area contributed by atoms with Crippen LogP contribution in [0, 0.1) is 11.6 Å². The number of hydrogen-bond acceptors (Lipinski definition) is 2. The van der Waals surface area contributed by atoms with Crippen LogP contribution in [0.3, 0.4) is 0 Å². The summed E-state index contributed by atoms with van der Waals surface area (Å²) in [6.45, 7) is 2.83. The van der Waals surface area contributed by atoms with Gasteiger partial charge in [-0.05, 0) is 37.9 Å². The van der Waals surface area contributed by atoms with Crippen molar-refractivity contribution in [2.45, 2.75) is 38.1 Å². The zero-order valence-electron chi connectivity index (χ0n) is 10.9. The van der Waals surface area contributed by atoms with Gasteiger partial charge in [0.2, 0.25) is 5.91 Å². The van der Waals surface area contributed by atoms with Gasteiger partial charge in [-0.1, -0.05) is 13.3 Å². The summed E-state index contributed by atoms with van der Waals surface area (Å²) in [6, 6.07) is 3.38. The first-order valence-electron chi connectivity index (χ1n) is 6.59. The van der Waals surface area contributed by atoms with E-state index < -0.39 is 17.2 Å². The van der Waals surface area contributed by atoms with Crippen LogP contribution in [0.25, 0.3) is 0 Å². The van der Waals surface area contributed by atoms with E-state index in [4.69, 9.17) is 0 Å². The molecule has 1 fully saturated rings. The summed E-state index contributed by atoms with van der Waals surface area (Å²) in [6.07, 6.45) is 3.35. The van der Waals surface area contributed by atoms with E-state index in [1.807, 2.05) is 6.92 Å². The molecule has 3 nitrogen and oxygen atoms in total. The highest BCUT2D eigenvalue weighted by Crippen LogP contribution is 2.26. The van der Waals surface area contributed by atoms with E-state index in [0.717, 1.165) is 44.4 Å². The van der Waals surface area contributed by atoms with Crippen LogP contribution in [0.4, 0.5) is 14.5 Å². The molecular formula is C14H18F2N2O. The van der Waals surface area contributed by atoms with Crippen LogP contribution in [0.2, 0.25) is 0 Å². The summed E-state index contributed by atoms with van der Waals surface area (Å²) in [5.74, 6) is -2.04. The number of amides is 1. The first-order valence-corrected chi connectivity index (χ1v) is 6.59. The van der Waals surface area contributed by atoms with Crippen LogP contribution in [-0.2, 0) is 4.79 Å². The van der Waals surface area contributed by atoms with E-state index in [1.165, 1.54) is 6.07 Å². The molecule has 0 spiro atoms. The quantitative estimate of drug-likeness (QED) is 0.881. The second-order valence-corrected chi connectivity index (χ2v) is 4.95. The fourth-order valence-electron chi connectivity index (χ4n) is 2.58. The van der Waals surface area contributed by atoms with Gasteiger partial charge < -0.3 is 10.6 Å². The Kier molecular flexibility index (Phi) is 4.14. The van der Waals surface area contributed by atoms with Gasteiger partial charge in [-0.2, -0.15) is 0 Å². The predicted molar refractivity (Wildman–Crippen MR) is 69.9 cm³/mol. The summed E-state index contributed by atoms with van der Waals surface area (Å²) in [5.41, 5.74) is -0.285. The Labute approximate surface area is 111 Å². The highest BCUT2D eigenvalue weighted by molar-refractivity contribution is 5.98. The number of nitrogens with one attached hydrogen (secondary N) is 2. The minimum absolute atomic E-state index is 0.169. The van der Waals surface area contributed by atoms with Crippen molar-refractivity contribution in [2.75, 3.05) is 11.9 Å². The van der Waals surface area contributed by atoms with Crippen LogP contribution in [-0.4, -0.2) is 18.0 Å². The maximum atomic E-state index is 13.1. The van der Waals surface area contributed by atoms with E-state index >= 15 is 0 Å². The van der Waals surface area contributed by atoms with Gasteiger partial charge in [0, 0.05) is 11.8 Å². The van der Waals surface area contributed by atoms with Gasteiger partial charge in [-0.25, -0.2) is 8.78 Å². The summed E-state index contributed by atoms with van der Waals surface area (Å²) >= 11 is 0. The topological polar surface area (TPSA) is 41.1 Å². The number of hydrogen-bond donors (Lipinski definition) is 2. The number of anilines is 1. The molecule has 1 aromatic rings. The van der Waals surface area contributed by atoms with Gasteiger partial charge in [0.25, 0.3) is 0 Å². The molecule has 1 atom stereocenters. The fourth-order valence-corrected chi connectivity index (χ4v) is 2.58. The molecule has 0 bridgehead atoms. The largest absolute Gasteiger partial charge is 0.324 e. The number of carbonyl (C=O) groups excluding carboxylic acids is 1. The first-order chi connectivity index (χ1) is 9.07. The Morgan fingerprint density at radius 1 is 1.42 bits per heavy atom. The molecule has 1 unspecified atom stereocenters. The smallest absolute Gasteiger partial charge is 0.244 e. The van der Waals surface area contributed by atoms with Gasteiger partial charge in [-0.15, -0.1) is 0 Å². The third kappa shape index (κ3) is 2.92. The van der Waals surface area contributed by atoms with E-state index in [9.17, 15) is 13.6 Å². The van der Waals surface area contributed by atoms with Crippen molar-refractivity contribution in [3.05, 3.63) is 29.8 Å². The SMILES string of the molecule is CCCC1(C(=O)Nc2ccc(F)c(F)c2)CCCN1. The Hall–Kier alpha value is -1.49. The fraction of sp³-hybridized carbons (Fsp3) is 0.500. The van der Waals surface area contributed by atoms with E-state index in [2.05, 4.69) is 10.6 Å². The van der Waals surface area contributed by atoms with Crippen molar-refractivity contribution in [3.63, 3.8) is 0 Å². The van der Waals surface area contributed by atoms with Gasteiger partial charge in [0.15, 0.2) is 11.6 Å². The lowest BCUT2D eigenvalue weighted by atomic mass is 9.91. The average molecular weight is 268 g/mol. The van der Waals surface area contributed by atoms with Crippen molar-refractivity contribution >= 4 is 11.6 Å². The van der Waals surface area contributed by atoms with E-state index in [1.54, 1.807) is 0 Å². The van der Waals surface area contributed by atoms with Crippen molar-refractivity contribution in [1.82, 2.24) is 5.32 Å². The summed E-state index contributed by atoms with van der Waals surface area (Å²) < 4.78 is 25.9. The molecule has 1 saturated heterocycles. The molecule has 104 valence electrons. The van der Waals surface area contributed by atoms with Gasteiger partial charge >= 0.3 is 0 Å². The van der Waals surface area contributed by atoms with E-state index in [0.29, 0.717) is 0 Å². The first kappa shape index (κ1) is 13.9. The van der Waals surface area contributed by atoms with Crippen molar-refractivity contribution < 1.29 is 13.6 Å². The summed E-state index contributed by atoms with van der Waals surface area (Å²) in [7, 11) is 0. The van der Waals surface area contributed by atoms with E-state index in [-0.39, 0.29) is 11.6 Å². The lowest BCUT2D eigenvalue weighted by Gasteiger charge is -2.27. The number of halogens is 2. The number of carbonyl (C=O) groups is 1. The molecule has 0 aromatic heterocycles. The Balaban J connectivity index is 2.12. The molecule has 1 aliphatic rings. The molecule has 1 amide bonds. The third-order valence-corrected chi connectivity index (χ3v) is 3.53. The molecule has 19 heavy (non-hydrogen) atoms. The molecule has 0 aliphatic carbocycles. The standard InChI is InChI=1S/C14H18F2N2O/c1-2-6-14(7-3-8-17-14)13(19)18-10-4-5-11(15)12(16)9-10/h4-5,9,17H,2-3,6-8H2,1H3,(H,18,19). The zero-order valence-corrected chi connectivity index (χ0v) is 10.9. The van der Waals surface area contributed by atoms with Crippen molar-refractivity contribution in [3.8, 4) is 0 Å². The Bertz CT molecular complexity index is 471. The molecule has 0 saturated carbocycles. The molecule has 1 aromatic carbocycles. The van der Waals surface area contributed by atoms with Crippen molar-refractivity contribution in [1.29, 1.82) is 0 Å². The molecule has 1 aliphatic heterocycles. The Morgan fingerprint density at radius 3 is 2.79 bits per heavy atom. The van der Waals surface area contributed by atoms with Crippen LogP contribution in [0.15, 0.2) is 18.2 Å². The van der Waals surface area contributed by atoms with Crippen LogP contribution < -0.4 is 10.6 Å². The van der Waals surface area contributed by atoms with Crippen LogP contribution in [0.5, 0.6) is 0 Å². The molecule has 0 radical (unpaired) electrons. The van der Waals surface area contributed by atoms with Gasteiger partial charge in [-0.3, -0.25) is 4.79 Å². The zero-order chi connectivity index (χ0) is 13.9. The summed E-state index contributed by atoms with van der Waals surface area (Å²) in [5, 5.41) is 5.91. The lowest BCUT2D eigenvalue weighted by Crippen LogP contribution is -2.50. The molecule has 2 N–H and O–H groups in total. The maximum absolute atomic E-state index is 13.1. The summed E-state index contributed by atoms with van der Waals surface area (Å²) in [4.78, 5) is 12.3. The van der Waals surface area contributed by atoms with Gasteiger partial charge in [0.1, 0.15) is 0 Å². The molecule has 5 heteroatoms. The van der Waals surface area contributed by atoms with Crippen LogP contribution in [0.1, 0.15) is 32.6 Å². The average Bonchev–Trinajstić information content (AvgIpc) is 2.84. The molecule has 2 rings (SSSR count). The minimum Gasteiger partial charge on any atom is -0.324 e. The highest BCUT2D eigenvalue weighted by atomic mass is 19.2. The Morgan fingerprint density at radius 2 is 2.21 bits per heavy atom. The third-order valence-electron chi connectivity index (χ3n) is 3.53. The normalized spacial score (nSPS) is 22.5. The van der Waals surface area contributed by atoms with Crippen LogP contribution >= 0.6 is 0 Å². The number of rotatable bonds is 4. The number of benzene rings is 1. The minimum atomic E-state index is -0.957. The predicted octanol–water partition coefficient (Wildman–Crippen LogP) is 2.83. The second-order valence-electron chi connectivity index (χ2n) is 4.95. The van der Waals surface area contributed by atoms with Crippen molar-refractivity contribution in [2.24, 2.45) is 0 Å². The lowest BCUT2D eigenvalue weighted by molar-refractivity contribution is -0.122. The maximum Gasteiger partial charge on any atom is 0.244 e. The second kappa shape index (κ2) is 5.65. The monoisotopic (exact) mass is 268 g/mol. The molecular weight excluding hydrogens is 250 g/mol.